The molecule has 0 unspecified atom stereocenters. The number of allylic oxidation sites excluding steroid dienone is 1. The van der Waals surface area contributed by atoms with Gasteiger partial charge in [-0.05, 0) is 30.7 Å². The molecule has 2 heteroatoms. The molecule has 0 atom stereocenters. The number of carbonyl (C=O) groups is 1. The first-order valence-electron chi connectivity index (χ1n) is 4.21. The highest BCUT2D eigenvalue weighted by Gasteiger charge is 1.91. The van der Waals surface area contributed by atoms with Gasteiger partial charge in [0, 0.05) is 0 Å². The van der Waals surface area contributed by atoms with E-state index in [9.17, 15) is 4.79 Å². The lowest BCUT2D eigenvalue weighted by Gasteiger charge is -2.02. The van der Waals surface area contributed by atoms with Crippen LogP contribution in [0.25, 0.3) is 6.08 Å². The highest BCUT2D eigenvalue weighted by atomic mass is 16.5. The lowest BCUT2D eigenvalue weighted by Crippen LogP contribution is -1.90. The topological polar surface area (TPSA) is 26.3 Å². The van der Waals surface area contributed by atoms with Crippen molar-refractivity contribution in [1.82, 2.24) is 0 Å². The number of rotatable bonds is 4. The summed E-state index contributed by atoms with van der Waals surface area (Å²) < 4.78 is 5.30. The summed E-state index contributed by atoms with van der Waals surface area (Å²) in [5.41, 5.74) is 0.970. The van der Waals surface area contributed by atoms with Gasteiger partial charge < -0.3 is 4.74 Å². The summed E-state index contributed by atoms with van der Waals surface area (Å²) in [7, 11) is 0. The molecule has 1 aromatic rings. The second-order valence-corrected chi connectivity index (χ2v) is 2.50. The van der Waals surface area contributed by atoms with Crippen LogP contribution in [0.15, 0.2) is 30.3 Å². The molecule has 0 N–H and O–H groups in total. The van der Waals surface area contributed by atoms with E-state index >= 15 is 0 Å². The van der Waals surface area contributed by atoms with Crippen LogP contribution in [0.4, 0.5) is 0 Å². The Labute approximate surface area is 77.8 Å². The Balaban J connectivity index is 2.78. The zero-order chi connectivity index (χ0) is 9.52. The molecule has 0 fully saturated rings. The molecule has 0 aliphatic heterocycles. The fraction of sp³-hybridized carbons (Fsp3) is 0.182. The molecule has 0 heterocycles. The van der Waals surface area contributed by atoms with Crippen LogP contribution in [0.2, 0.25) is 0 Å². The van der Waals surface area contributed by atoms with Crippen molar-refractivity contribution in [3.05, 3.63) is 35.9 Å². The lowest BCUT2D eigenvalue weighted by atomic mass is 10.2. The number of hydrogen-bond acceptors (Lipinski definition) is 2. The summed E-state index contributed by atoms with van der Waals surface area (Å²) in [6.45, 7) is 2.59. The van der Waals surface area contributed by atoms with Crippen LogP contribution < -0.4 is 4.74 Å². The van der Waals surface area contributed by atoms with E-state index in [1.807, 2.05) is 31.2 Å². The van der Waals surface area contributed by atoms with Crippen LogP contribution in [0.5, 0.6) is 5.75 Å². The Morgan fingerprint density at radius 3 is 3.00 bits per heavy atom. The van der Waals surface area contributed by atoms with E-state index in [-0.39, 0.29) is 0 Å². The maximum Gasteiger partial charge on any atom is 0.142 e. The van der Waals surface area contributed by atoms with Gasteiger partial charge in [-0.1, -0.05) is 18.2 Å². The largest absolute Gasteiger partial charge is 0.494 e. The van der Waals surface area contributed by atoms with Crippen molar-refractivity contribution < 1.29 is 9.53 Å². The van der Waals surface area contributed by atoms with Crippen LogP contribution in [0.1, 0.15) is 12.5 Å². The van der Waals surface area contributed by atoms with Gasteiger partial charge in [-0.15, -0.1) is 0 Å². The first-order valence-corrected chi connectivity index (χ1v) is 4.21. The second-order valence-electron chi connectivity index (χ2n) is 2.50. The number of ether oxygens (including phenoxy) is 1. The molecule has 0 saturated heterocycles. The van der Waals surface area contributed by atoms with Gasteiger partial charge in [0.05, 0.1) is 6.61 Å². The number of hydrogen-bond donors (Lipinski definition) is 0. The van der Waals surface area contributed by atoms with Gasteiger partial charge in [0.1, 0.15) is 12.0 Å². The molecule has 0 saturated carbocycles. The lowest BCUT2D eigenvalue weighted by molar-refractivity contribution is -0.104. The molecule has 0 aromatic heterocycles. The molecule has 13 heavy (non-hydrogen) atoms. The quantitative estimate of drug-likeness (QED) is 0.519. The molecule has 0 bridgehead atoms. The molecule has 0 amide bonds. The van der Waals surface area contributed by atoms with Crippen molar-refractivity contribution in [2.45, 2.75) is 6.92 Å². The molecule has 2 nitrogen and oxygen atoms in total. The Kier molecular flexibility index (Phi) is 3.76. The summed E-state index contributed by atoms with van der Waals surface area (Å²) in [6.07, 6.45) is 3.97. The van der Waals surface area contributed by atoms with Gasteiger partial charge in [-0.2, -0.15) is 0 Å². The maximum atomic E-state index is 10.1. The summed E-state index contributed by atoms with van der Waals surface area (Å²) in [5.74, 6) is 0.829. The average molecular weight is 176 g/mol. The number of carbonyl (C=O) groups excluding carboxylic acids is 1. The standard InChI is InChI=1S/C11H12O2/c1-2-13-11-7-3-5-10(9-11)6-4-8-12/h3-9H,2H2,1H3/b6-4+. The molecule has 1 aromatic carbocycles. The summed E-state index contributed by atoms with van der Waals surface area (Å²) in [6, 6.07) is 7.60. The minimum atomic E-state index is 0.654. The van der Waals surface area contributed by atoms with Gasteiger partial charge in [0.25, 0.3) is 0 Å². The molecule has 0 spiro atoms. The summed E-state index contributed by atoms with van der Waals surface area (Å²) in [4.78, 5) is 10.1. The Hall–Kier alpha value is -1.57. The van der Waals surface area contributed by atoms with Gasteiger partial charge in [-0.25, -0.2) is 0 Å². The predicted molar refractivity (Wildman–Crippen MR) is 52.7 cm³/mol. The van der Waals surface area contributed by atoms with Gasteiger partial charge in [0.2, 0.25) is 0 Å². The van der Waals surface area contributed by atoms with Crippen molar-refractivity contribution in [1.29, 1.82) is 0 Å². The second kappa shape index (κ2) is 5.14. The van der Waals surface area contributed by atoms with Gasteiger partial charge in [0.15, 0.2) is 0 Å². The SMILES string of the molecule is CCOc1cccc(/C=C/C=O)c1. The van der Waals surface area contributed by atoms with E-state index in [4.69, 9.17) is 4.74 Å². The van der Waals surface area contributed by atoms with Crippen LogP contribution in [-0.2, 0) is 4.79 Å². The molecular formula is C11H12O2. The first-order chi connectivity index (χ1) is 6.36. The van der Waals surface area contributed by atoms with Crippen LogP contribution in [0, 0.1) is 0 Å². The summed E-state index contributed by atoms with van der Waals surface area (Å²) in [5, 5.41) is 0. The van der Waals surface area contributed by atoms with Crippen LogP contribution in [0.3, 0.4) is 0 Å². The minimum Gasteiger partial charge on any atom is -0.494 e. The Morgan fingerprint density at radius 1 is 1.46 bits per heavy atom. The molecule has 0 aliphatic rings. The van der Waals surface area contributed by atoms with Crippen molar-refractivity contribution in [3.63, 3.8) is 0 Å². The third kappa shape index (κ3) is 3.11. The fourth-order valence-electron chi connectivity index (χ4n) is 1.03. The molecule has 0 radical (unpaired) electrons. The van der Waals surface area contributed by atoms with Gasteiger partial charge in [-0.3, -0.25) is 4.79 Å². The monoisotopic (exact) mass is 176 g/mol. The van der Waals surface area contributed by atoms with E-state index in [2.05, 4.69) is 0 Å². The maximum absolute atomic E-state index is 10.1. The van der Waals surface area contributed by atoms with Crippen LogP contribution in [-0.4, -0.2) is 12.9 Å². The normalized spacial score (nSPS) is 10.2. The molecule has 68 valence electrons. The molecule has 1 rings (SSSR count). The van der Waals surface area contributed by atoms with E-state index in [1.165, 1.54) is 6.08 Å². The predicted octanol–water partition coefficient (Wildman–Crippen LogP) is 2.30. The Bertz CT molecular complexity index is 303. The minimum absolute atomic E-state index is 0.654. The smallest absolute Gasteiger partial charge is 0.142 e. The zero-order valence-electron chi connectivity index (χ0n) is 7.57. The van der Waals surface area contributed by atoms with Crippen molar-refractivity contribution >= 4 is 12.4 Å². The first kappa shape index (κ1) is 9.52. The van der Waals surface area contributed by atoms with E-state index < -0.39 is 0 Å². The summed E-state index contributed by atoms with van der Waals surface area (Å²) >= 11 is 0. The zero-order valence-corrected chi connectivity index (χ0v) is 7.57. The average Bonchev–Trinajstić information content (AvgIpc) is 2.16. The van der Waals surface area contributed by atoms with Gasteiger partial charge >= 0.3 is 0 Å². The number of aldehydes is 1. The molecule has 0 aliphatic carbocycles. The number of benzene rings is 1. The van der Waals surface area contributed by atoms with Crippen LogP contribution >= 0.6 is 0 Å². The molecular weight excluding hydrogens is 164 g/mol. The third-order valence-electron chi connectivity index (χ3n) is 1.54. The van der Waals surface area contributed by atoms with E-state index in [0.717, 1.165) is 17.6 Å². The highest BCUT2D eigenvalue weighted by Crippen LogP contribution is 2.13. The van der Waals surface area contributed by atoms with Crippen molar-refractivity contribution in [2.24, 2.45) is 0 Å². The van der Waals surface area contributed by atoms with Crippen molar-refractivity contribution in [3.8, 4) is 5.75 Å². The van der Waals surface area contributed by atoms with Crippen molar-refractivity contribution in [2.75, 3.05) is 6.61 Å². The highest BCUT2D eigenvalue weighted by molar-refractivity contribution is 5.74. The van der Waals surface area contributed by atoms with E-state index in [0.29, 0.717) is 6.61 Å². The fourth-order valence-corrected chi connectivity index (χ4v) is 1.03. The van der Waals surface area contributed by atoms with E-state index in [1.54, 1.807) is 6.08 Å². The Morgan fingerprint density at radius 2 is 2.31 bits per heavy atom. The third-order valence-corrected chi connectivity index (χ3v) is 1.54.